The van der Waals surface area contributed by atoms with E-state index in [9.17, 15) is 4.79 Å². The zero-order valence-corrected chi connectivity index (χ0v) is 18.1. The lowest BCUT2D eigenvalue weighted by molar-refractivity contribution is 0.0947. The zero-order valence-electron chi connectivity index (χ0n) is 18.1. The van der Waals surface area contributed by atoms with Gasteiger partial charge in [0.2, 0.25) is 0 Å². The van der Waals surface area contributed by atoms with Gasteiger partial charge in [-0.15, -0.1) is 0 Å². The van der Waals surface area contributed by atoms with Crippen LogP contribution in [-0.2, 0) is 4.74 Å². The molecule has 1 aliphatic rings. The van der Waals surface area contributed by atoms with Crippen molar-refractivity contribution in [1.82, 2.24) is 15.5 Å². The molecule has 0 bridgehead atoms. The third-order valence-corrected chi connectivity index (χ3v) is 5.34. The quantitative estimate of drug-likeness (QED) is 0.298. The highest BCUT2D eigenvalue weighted by atomic mass is 16.5. The number of benzene rings is 2. The van der Waals surface area contributed by atoms with E-state index in [0.29, 0.717) is 47.2 Å². The molecule has 2 aromatic carbocycles. The number of hydrogen-bond acceptors (Lipinski definition) is 7. The fraction of sp³-hybridized carbons (Fsp3) is 0.304. The summed E-state index contributed by atoms with van der Waals surface area (Å²) in [6.07, 6.45) is 3.53. The molecule has 6 N–H and O–H groups in total. The number of anilines is 1. The lowest BCUT2D eigenvalue weighted by atomic mass is 9.96. The number of hydrogen-bond donors (Lipinski definition) is 4. The first-order valence-electron chi connectivity index (χ1n) is 10.4. The summed E-state index contributed by atoms with van der Waals surface area (Å²) in [5.41, 5.74) is 16.2. The van der Waals surface area contributed by atoms with Gasteiger partial charge in [0.05, 0.1) is 19.2 Å². The van der Waals surface area contributed by atoms with Gasteiger partial charge in [-0.05, 0) is 36.6 Å². The molecule has 0 spiro atoms. The van der Waals surface area contributed by atoms with Gasteiger partial charge in [0.25, 0.3) is 5.91 Å². The van der Waals surface area contributed by atoms with E-state index in [0.717, 1.165) is 29.3 Å². The number of nitrogens with one attached hydrogen (secondary N) is 2. The molecule has 9 nitrogen and oxygen atoms in total. The highest BCUT2D eigenvalue weighted by molar-refractivity contribution is 6.05. The first kappa shape index (κ1) is 21.5. The number of aromatic amines is 1. The Kier molecular flexibility index (Phi) is 6.18. The Bertz CT molecular complexity index is 1170. The van der Waals surface area contributed by atoms with Gasteiger partial charge in [-0.3, -0.25) is 9.89 Å². The summed E-state index contributed by atoms with van der Waals surface area (Å²) in [4.78, 5) is 12.4. The molecule has 0 atom stereocenters. The fourth-order valence-electron chi connectivity index (χ4n) is 3.50. The van der Waals surface area contributed by atoms with Crippen LogP contribution < -0.4 is 26.3 Å². The van der Waals surface area contributed by atoms with Crippen molar-refractivity contribution in [3.8, 4) is 11.5 Å². The zero-order chi connectivity index (χ0) is 22.7. The van der Waals surface area contributed by atoms with Crippen LogP contribution in [-0.4, -0.2) is 49.6 Å². The van der Waals surface area contributed by atoms with Crippen LogP contribution in [0.2, 0.25) is 0 Å². The Morgan fingerprint density at radius 2 is 2.03 bits per heavy atom. The van der Waals surface area contributed by atoms with Gasteiger partial charge in [0.1, 0.15) is 6.61 Å². The molecule has 1 heterocycles. The van der Waals surface area contributed by atoms with Crippen LogP contribution in [0.5, 0.6) is 11.5 Å². The van der Waals surface area contributed by atoms with E-state index in [4.69, 9.17) is 25.7 Å². The van der Waals surface area contributed by atoms with Gasteiger partial charge in [0, 0.05) is 47.6 Å². The summed E-state index contributed by atoms with van der Waals surface area (Å²) >= 11 is 0. The second-order valence-electron chi connectivity index (χ2n) is 7.59. The molecular formula is C23H27N5O4. The fourth-order valence-corrected chi connectivity index (χ4v) is 3.50. The summed E-state index contributed by atoms with van der Waals surface area (Å²) in [5.74, 6) is 0.891. The molecule has 0 radical (unpaired) electrons. The SMILES string of the molecule is COCCOc1cc(/C(=C\N)c2ccc3c(C(=O)NC4CC4)n[nH]c3c2)c(N)cc1OC. The summed E-state index contributed by atoms with van der Waals surface area (Å²) in [7, 11) is 3.16. The van der Waals surface area contributed by atoms with E-state index in [-0.39, 0.29) is 11.9 Å². The standard InChI is InChI=1S/C23H27N5O4/c1-30-7-8-32-21-10-16(18(25)11-20(21)31-2)17(12-24)13-3-6-15-19(9-13)27-28-22(15)23(29)26-14-4-5-14/h3,6,9-12,14H,4-5,7-8,24-25H2,1-2H3,(H,26,29)(H,27,28)/b17-12-. The molecule has 1 saturated carbocycles. The van der Waals surface area contributed by atoms with Gasteiger partial charge in [-0.2, -0.15) is 5.10 Å². The van der Waals surface area contributed by atoms with Crippen LogP contribution >= 0.6 is 0 Å². The largest absolute Gasteiger partial charge is 0.493 e. The number of aromatic nitrogens is 2. The Hall–Kier alpha value is -3.72. The van der Waals surface area contributed by atoms with Crippen LogP contribution in [0.25, 0.3) is 16.5 Å². The van der Waals surface area contributed by atoms with Crippen molar-refractivity contribution in [2.24, 2.45) is 5.73 Å². The monoisotopic (exact) mass is 437 g/mol. The molecule has 4 rings (SSSR count). The number of ether oxygens (including phenoxy) is 3. The first-order valence-corrected chi connectivity index (χ1v) is 10.4. The smallest absolute Gasteiger partial charge is 0.272 e. The highest BCUT2D eigenvalue weighted by Crippen LogP contribution is 2.38. The number of methoxy groups -OCH3 is 2. The molecule has 1 fully saturated rings. The van der Waals surface area contributed by atoms with E-state index in [1.807, 2.05) is 18.2 Å². The van der Waals surface area contributed by atoms with Crippen molar-refractivity contribution in [2.75, 3.05) is 33.2 Å². The maximum Gasteiger partial charge on any atom is 0.272 e. The summed E-state index contributed by atoms with van der Waals surface area (Å²) in [5, 5.41) is 10.9. The van der Waals surface area contributed by atoms with Gasteiger partial charge >= 0.3 is 0 Å². The second kappa shape index (κ2) is 9.19. The van der Waals surface area contributed by atoms with Crippen LogP contribution in [0.4, 0.5) is 5.69 Å². The maximum atomic E-state index is 12.4. The molecule has 1 amide bonds. The lowest BCUT2D eigenvalue weighted by Crippen LogP contribution is -2.25. The highest BCUT2D eigenvalue weighted by Gasteiger charge is 2.26. The third-order valence-electron chi connectivity index (χ3n) is 5.34. The van der Waals surface area contributed by atoms with Crippen LogP contribution in [0.1, 0.15) is 34.5 Å². The van der Waals surface area contributed by atoms with E-state index in [1.54, 1.807) is 26.4 Å². The first-order chi connectivity index (χ1) is 15.5. The number of carbonyl (C=O) groups is 1. The Morgan fingerprint density at radius 1 is 1.22 bits per heavy atom. The van der Waals surface area contributed by atoms with Gasteiger partial charge < -0.3 is 31.0 Å². The Balaban J connectivity index is 1.67. The number of nitrogens with two attached hydrogens (primary N) is 2. The van der Waals surface area contributed by atoms with Crippen molar-refractivity contribution >= 4 is 28.1 Å². The van der Waals surface area contributed by atoms with Crippen molar-refractivity contribution in [3.05, 3.63) is 53.4 Å². The average molecular weight is 438 g/mol. The van der Waals surface area contributed by atoms with E-state index in [2.05, 4.69) is 15.5 Å². The number of amides is 1. The topological polar surface area (TPSA) is 138 Å². The van der Waals surface area contributed by atoms with E-state index >= 15 is 0 Å². The van der Waals surface area contributed by atoms with Crippen LogP contribution in [0.15, 0.2) is 36.5 Å². The minimum absolute atomic E-state index is 0.168. The number of rotatable bonds is 9. The molecule has 0 aliphatic heterocycles. The van der Waals surface area contributed by atoms with Crippen molar-refractivity contribution < 1.29 is 19.0 Å². The lowest BCUT2D eigenvalue weighted by Gasteiger charge is -2.16. The van der Waals surface area contributed by atoms with Gasteiger partial charge in [-0.25, -0.2) is 0 Å². The van der Waals surface area contributed by atoms with Crippen molar-refractivity contribution in [3.63, 3.8) is 0 Å². The predicted molar refractivity (Wildman–Crippen MR) is 123 cm³/mol. The van der Waals surface area contributed by atoms with Crippen molar-refractivity contribution in [2.45, 2.75) is 18.9 Å². The molecule has 168 valence electrons. The molecule has 1 aromatic heterocycles. The van der Waals surface area contributed by atoms with Gasteiger partial charge in [-0.1, -0.05) is 6.07 Å². The maximum absolute atomic E-state index is 12.4. The van der Waals surface area contributed by atoms with E-state index in [1.165, 1.54) is 6.20 Å². The molecule has 3 aromatic rings. The average Bonchev–Trinajstić information content (AvgIpc) is 3.51. The van der Waals surface area contributed by atoms with Crippen LogP contribution in [0, 0.1) is 0 Å². The molecule has 0 unspecified atom stereocenters. The summed E-state index contributed by atoms with van der Waals surface area (Å²) < 4.78 is 16.2. The summed E-state index contributed by atoms with van der Waals surface area (Å²) in [6.45, 7) is 0.805. The molecule has 0 saturated heterocycles. The Labute approximate surface area is 185 Å². The predicted octanol–water partition coefficient (Wildman–Crippen LogP) is 2.42. The summed E-state index contributed by atoms with van der Waals surface area (Å²) in [6, 6.07) is 9.40. The van der Waals surface area contributed by atoms with Gasteiger partial charge in [0.15, 0.2) is 17.2 Å². The minimum atomic E-state index is -0.168. The third kappa shape index (κ3) is 4.33. The Morgan fingerprint density at radius 3 is 2.72 bits per heavy atom. The number of carbonyl (C=O) groups excluding carboxylic acids is 1. The van der Waals surface area contributed by atoms with Crippen LogP contribution in [0.3, 0.4) is 0 Å². The van der Waals surface area contributed by atoms with Crippen molar-refractivity contribution in [1.29, 1.82) is 0 Å². The number of fused-ring (bicyclic) bond motifs is 1. The number of nitrogens with zero attached hydrogens (tertiary/aromatic N) is 1. The minimum Gasteiger partial charge on any atom is -0.493 e. The normalized spacial score (nSPS) is 13.9. The number of nitrogen functional groups attached to an aromatic ring is 1. The molecule has 9 heteroatoms. The van der Waals surface area contributed by atoms with E-state index < -0.39 is 0 Å². The number of H-pyrrole nitrogens is 1. The molecule has 32 heavy (non-hydrogen) atoms. The second-order valence-corrected chi connectivity index (χ2v) is 7.59. The molecular weight excluding hydrogens is 410 g/mol. The molecule has 1 aliphatic carbocycles.